The molecule has 0 amide bonds. The van der Waals surface area contributed by atoms with E-state index < -0.39 is 22.7 Å². The maximum Gasteiger partial charge on any atom is 0.201 e. The first-order valence-electron chi connectivity index (χ1n) is 5.68. The fourth-order valence-corrected chi connectivity index (χ4v) is 1.92. The summed E-state index contributed by atoms with van der Waals surface area (Å²) in [5, 5.41) is 28.4. The van der Waals surface area contributed by atoms with Crippen molar-refractivity contribution in [1.29, 1.82) is 0 Å². The molecule has 5 heteroatoms. The van der Waals surface area contributed by atoms with Crippen LogP contribution in [0.4, 0.5) is 0 Å². The lowest BCUT2D eigenvalue weighted by molar-refractivity contribution is 0.370. The van der Waals surface area contributed by atoms with E-state index in [2.05, 4.69) is 12.1 Å². The van der Waals surface area contributed by atoms with Gasteiger partial charge < -0.3 is 19.7 Å². The zero-order valence-corrected chi connectivity index (χ0v) is 10.0. The summed E-state index contributed by atoms with van der Waals surface area (Å²) in [5.74, 6) is -1.76. The zero-order chi connectivity index (χ0) is 14.3. The average molecular weight is 268 g/mol. The Morgan fingerprint density at radius 2 is 1.85 bits per heavy atom. The van der Waals surface area contributed by atoms with Crippen molar-refractivity contribution in [3.63, 3.8) is 0 Å². The van der Waals surface area contributed by atoms with Crippen LogP contribution in [0.25, 0.3) is 22.3 Å². The van der Waals surface area contributed by atoms with Gasteiger partial charge in [0.05, 0.1) is 0 Å². The second-order valence-electron chi connectivity index (χ2n) is 4.16. The van der Waals surface area contributed by atoms with Crippen molar-refractivity contribution in [3.05, 3.63) is 52.7 Å². The Balaban J connectivity index is 2.36. The Bertz CT molecular complexity index is 850. The maximum atomic E-state index is 12.0. The Hall–Kier alpha value is -3.13. The summed E-state index contributed by atoms with van der Waals surface area (Å²) in [5.41, 5.74) is 0.0600. The van der Waals surface area contributed by atoms with Gasteiger partial charge in [-0.1, -0.05) is 12.1 Å². The minimum absolute atomic E-state index is 0.0202. The molecule has 0 atom stereocenters. The van der Waals surface area contributed by atoms with Crippen LogP contribution >= 0.6 is 0 Å². The van der Waals surface area contributed by atoms with Crippen LogP contribution in [-0.2, 0) is 0 Å². The number of benzene rings is 1. The number of phenolic OH excluding ortho intramolecular Hbond substituents is 3. The summed E-state index contributed by atoms with van der Waals surface area (Å²) < 4.78 is 5.48. The summed E-state index contributed by atoms with van der Waals surface area (Å²) in [4.78, 5) is 12.0. The molecule has 98 valence electrons. The monoisotopic (exact) mass is 268 g/mol. The van der Waals surface area contributed by atoms with Crippen LogP contribution in [0.3, 0.4) is 0 Å². The first kappa shape index (κ1) is 11.9. The predicted octanol–water partition coefficient (Wildman–Crippen LogP) is 2.18. The molecule has 0 unspecified atom stereocenters. The first-order valence-corrected chi connectivity index (χ1v) is 5.68. The first-order chi connectivity index (χ1) is 9.58. The van der Waals surface area contributed by atoms with Crippen LogP contribution in [0.15, 0.2) is 39.5 Å². The molecule has 5 nitrogen and oxygen atoms in total. The molecule has 1 heterocycles. The molecule has 0 aliphatic carbocycles. The summed E-state index contributed by atoms with van der Waals surface area (Å²) in [6.45, 7) is 0. The molecule has 0 fully saturated rings. The van der Waals surface area contributed by atoms with E-state index in [1.807, 2.05) is 0 Å². The number of fused-ring (bicyclic) bond motifs is 1. The Morgan fingerprint density at radius 3 is 2.55 bits per heavy atom. The van der Waals surface area contributed by atoms with E-state index >= 15 is 0 Å². The van der Waals surface area contributed by atoms with Gasteiger partial charge in [-0.2, -0.15) is 0 Å². The molecule has 0 radical (unpaired) electrons. The number of rotatable bonds is 1. The highest BCUT2D eigenvalue weighted by molar-refractivity contribution is 5.89. The normalized spacial score (nSPS) is 10.4. The molecular formula is C15H8O5. The molecule has 3 rings (SSSR count). The molecule has 20 heavy (non-hydrogen) atoms. The lowest BCUT2D eigenvalue weighted by Crippen LogP contribution is -2.00. The fourth-order valence-electron chi connectivity index (χ4n) is 1.92. The van der Waals surface area contributed by atoms with Crippen molar-refractivity contribution in [2.45, 2.75) is 0 Å². The molecule has 2 aromatic carbocycles. The Labute approximate surface area is 113 Å². The third-order valence-corrected chi connectivity index (χ3v) is 2.89. The molecule has 0 aliphatic rings. The predicted molar refractivity (Wildman–Crippen MR) is 70.6 cm³/mol. The highest BCUT2D eigenvalue weighted by Crippen LogP contribution is 2.40. The van der Waals surface area contributed by atoms with Crippen molar-refractivity contribution in [3.8, 4) is 28.6 Å². The molecule has 1 aromatic heterocycles. The SMILES string of the molecule is O=c1cc(-c2cc#ccc2)oc2cc(O)c(O)c(O)c12. The topological polar surface area (TPSA) is 90.9 Å². The van der Waals surface area contributed by atoms with E-state index in [1.54, 1.807) is 18.2 Å². The molecule has 3 aromatic rings. The quantitative estimate of drug-likeness (QED) is 0.588. The summed E-state index contributed by atoms with van der Waals surface area (Å²) >= 11 is 0. The average Bonchev–Trinajstić information content (AvgIpc) is 2.45. The molecule has 0 bridgehead atoms. The van der Waals surface area contributed by atoms with Gasteiger partial charge in [-0.3, -0.25) is 4.79 Å². The number of phenols is 3. The molecule has 0 saturated carbocycles. The maximum absolute atomic E-state index is 12.0. The number of aromatic hydroxyl groups is 3. The van der Waals surface area contributed by atoms with Crippen LogP contribution in [-0.4, -0.2) is 15.3 Å². The smallest absolute Gasteiger partial charge is 0.201 e. The largest absolute Gasteiger partial charge is 0.504 e. The van der Waals surface area contributed by atoms with E-state index in [0.717, 1.165) is 6.07 Å². The van der Waals surface area contributed by atoms with Crippen molar-refractivity contribution in [1.82, 2.24) is 0 Å². The van der Waals surface area contributed by atoms with Crippen LogP contribution < -0.4 is 5.43 Å². The van der Waals surface area contributed by atoms with E-state index in [9.17, 15) is 20.1 Å². The zero-order valence-electron chi connectivity index (χ0n) is 10.0. The Morgan fingerprint density at radius 1 is 1.05 bits per heavy atom. The highest BCUT2D eigenvalue weighted by atomic mass is 16.3. The molecule has 0 spiro atoms. The number of hydrogen-bond donors (Lipinski definition) is 3. The minimum Gasteiger partial charge on any atom is -0.504 e. The van der Waals surface area contributed by atoms with Crippen LogP contribution in [0.1, 0.15) is 0 Å². The van der Waals surface area contributed by atoms with Crippen LogP contribution in [0, 0.1) is 12.1 Å². The number of hydrogen-bond acceptors (Lipinski definition) is 5. The van der Waals surface area contributed by atoms with Gasteiger partial charge in [-0.15, -0.1) is 0 Å². The Kier molecular flexibility index (Phi) is 2.51. The molecular weight excluding hydrogens is 260 g/mol. The van der Waals surface area contributed by atoms with Gasteiger partial charge in [0.25, 0.3) is 0 Å². The van der Waals surface area contributed by atoms with Crippen molar-refractivity contribution in [2.24, 2.45) is 0 Å². The van der Waals surface area contributed by atoms with E-state index in [1.165, 1.54) is 6.07 Å². The van der Waals surface area contributed by atoms with Crippen molar-refractivity contribution >= 4 is 11.0 Å². The lowest BCUT2D eigenvalue weighted by Gasteiger charge is -2.06. The van der Waals surface area contributed by atoms with Crippen molar-refractivity contribution in [2.75, 3.05) is 0 Å². The minimum atomic E-state index is -0.750. The molecule has 0 saturated heterocycles. The van der Waals surface area contributed by atoms with E-state index in [0.29, 0.717) is 5.56 Å². The third-order valence-electron chi connectivity index (χ3n) is 2.89. The third kappa shape index (κ3) is 1.71. The fraction of sp³-hybridized carbons (Fsp3) is 0. The van der Waals surface area contributed by atoms with E-state index in [-0.39, 0.29) is 16.7 Å². The van der Waals surface area contributed by atoms with Gasteiger partial charge in [0.1, 0.15) is 16.7 Å². The summed E-state index contributed by atoms with van der Waals surface area (Å²) in [7, 11) is 0. The van der Waals surface area contributed by atoms with Gasteiger partial charge in [0, 0.05) is 17.7 Å². The van der Waals surface area contributed by atoms with Crippen LogP contribution in [0.5, 0.6) is 17.2 Å². The summed E-state index contributed by atoms with van der Waals surface area (Å²) in [6, 6.07) is 12.6. The van der Waals surface area contributed by atoms with Crippen LogP contribution in [0.2, 0.25) is 0 Å². The highest BCUT2D eigenvalue weighted by Gasteiger charge is 2.17. The van der Waals surface area contributed by atoms with Gasteiger partial charge >= 0.3 is 0 Å². The van der Waals surface area contributed by atoms with Gasteiger partial charge in [-0.05, 0) is 18.2 Å². The van der Waals surface area contributed by atoms with Gasteiger partial charge in [0.15, 0.2) is 16.9 Å². The van der Waals surface area contributed by atoms with E-state index in [4.69, 9.17) is 4.42 Å². The second-order valence-corrected chi connectivity index (χ2v) is 4.16. The van der Waals surface area contributed by atoms with Crippen molar-refractivity contribution < 1.29 is 19.7 Å². The summed E-state index contributed by atoms with van der Waals surface area (Å²) in [6.07, 6.45) is 0. The molecule has 0 aliphatic heterocycles. The standard InChI is InChI=1S/C15H8O5/c16-9-6-11(8-4-2-1-3-5-8)20-12-7-10(17)14(18)15(19)13(9)12/h2,4-7,17-19H. The lowest BCUT2D eigenvalue weighted by atomic mass is 10.1. The van der Waals surface area contributed by atoms with Gasteiger partial charge in [0.2, 0.25) is 5.75 Å². The molecule has 3 N–H and O–H groups in total. The van der Waals surface area contributed by atoms with Gasteiger partial charge in [-0.25, -0.2) is 0 Å². The second kappa shape index (κ2) is 4.21.